The fraction of sp³-hybridized carbons (Fsp3) is 0.696. The molecule has 11 nitrogen and oxygen atoms in total. The summed E-state index contributed by atoms with van der Waals surface area (Å²) in [6, 6.07) is 8.47. The molecular formula is C23H28O11. The highest BCUT2D eigenvalue weighted by molar-refractivity contribution is 5.89. The molecule has 11 atom stereocenters. The van der Waals surface area contributed by atoms with Gasteiger partial charge in [-0.05, 0) is 25.5 Å². The number of carbonyl (C=O) groups is 1. The fourth-order valence-electron chi connectivity index (χ4n) is 6.87. The molecular weight excluding hydrogens is 452 g/mol. The third kappa shape index (κ3) is 2.59. The quantitative estimate of drug-likeness (QED) is 0.306. The molecule has 1 aromatic rings. The average Bonchev–Trinajstić information content (AvgIpc) is 3.00. The van der Waals surface area contributed by atoms with Crippen molar-refractivity contribution >= 4 is 5.97 Å². The molecule has 3 saturated carbocycles. The summed E-state index contributed by atoms with van der Waals surface area (Å²) in [5, 5.41) is 51.7. The highest BCUT2D eigenvalue weighted by Crippen LogP contribution is 2.81. The second kappa shape index (κ2) is 7.19. The Balaban J connectivity index is 1.32. The molecule has 0 spiro atoms. The summed E-state index contributed by atoms with van der Waals surface area (Å²) in [4.78, 5) is 12.7. The van der Waals surface area contributed by atoms with Crippen molar-refractivity contribution in [3.8, 4) is 0 Å². The lowest BCUT2D eigenvalue weighted by molar-refractivity contribution is -0.424. The lowest BCUT2D eigenvalue weighted by Crippen LogP contribution is -2.80. The van der Waals surface area contributed by atoms with Gasteiger partial charge in [-0.25, -0.2) is 4.79 Å². The molecule has 4 aliphatic heterocycles. The first-order valence-corrected chi connectivity index (χ1v) is 11.4. The zero-order valence-corrected chi connectivity index (χ0v) is 18.4. The maximum Gasteiger partial charge on any atom is 0.338 e. The predicted molar refractivity (Wildman–Crippen MR) is 109 cm³/mol. The minimum atomic E-state index is -1.61. The first-order chi connectivity index (χ1) is 16.1. The Morgan fingerprint density at radius 1 is 1.12 bits per heavy atom. The van der Waals surface area contributed by atoms with Crippen LogP contribution in [-0.4, -0.2) is 98.7 Å². The number of hydrogen-bond acceptors (Lipinski definition) is 11. The summed E-state index contributed by atoms with van der Waals surface area (Å²) in [6.45, 7) is 0.985. The van der Waals surface area contributed by atoms with Gasteiger partial charge in [-0.15, -0.1) is 0 Å². The van der Waals surface area contributed by atoms with Gasteiger partial charge in [-0.2, -0.15) is 0 Å². The van der Waals surface area contributed by atoms with E-state index in [2.05, 4.69) is 0 Å². The standard InChI is InChI=1S/C23H28O11/c1-20-9-22(29)13-7-23(20,32-18-16(27)15(26)14(25)12(8-24)31-18)21(13,19(33-20)34-22)10-30-17(28)11-5-3-2-4-6-11/h2-6,12-16,18-19,24-27,29H,7-10H2,1H3/t12?,13?,14?,15-,16?,18?,19?,20-,21?,22+,23-/m0/s1. The summed E-state index contributed by atoms with van der Waals surface area (Å²) in [5.74, 6) is -2.49. The van der Waals surface area contributed by atoms with E-state index in [1.165, 1.54) is 0 Å². The van der Waals surface area contributed by atoms with Crippen LogP contribution in [0.3, 0.4) is 0 Å². The number of esters is 1. The second-order valence-electron chi connectivity index (χ2n) is 10.2. The molecule has 4 heterocycles. The smallest absolute Gasteiger partial charge is 0.338 e. The molecule has 6 bridgehead atoms. The average molecular weight is 480 g/mol. The van der Waals surface area contributed by atoms with Crippen LogP contribution in [0.2, 0.25) is 0 Å². The highest BCUT2D eigenvalue weighted by atomic mass is 16.8. The molecule has 7 fully saturated rings. The topological polar surface area (TPSA) is 164 Å². The van der Waals surface area contributed by atoms with E-state index in [4.69, 9.17) is 23.7 Å². The summed E-state index contributed by atoms with van der Waals surface area (Å²) < 4.78 is 29.7. The van der Waals surface area contributed by atoms with Gasteiger partial charge in [-0.1, -0.05) is 18.2 Å². The number of carbonyl (C=O) groups excluding carboxylic acids is 1. The molecule has 186 valence electrons. The van der Waals surface area contributed by atoms with Crippen LogP contribution in [0.15, 0.2) is 30.3 Å². The molecule has 0 amide bonds. The van der Waals surface area contributed by atoms with Gasteiger partial charge in [0.25, 0.3) is 0 Å². The fourth-order valence-corrected chi connectivity index (χ4v) is 6.87. The van der Waals surface area contributed by atoms with Gasteiger partial charge in [-0.3, -0.25) is 0 Å². The largest absolute Gasteiger partial charge is 0.461 e. The normalized spacial score (nSPS) is 52.5. The Labute approximate surface area is 194 Å². The molecule has 7 unspecified atom stereocenters. The van der Waals surface area contributed by atoms with E-state index < -0.39 is 77.9 Å². The minimum absolute atomic E-state index is 0.0902. The Kier molecular flexibility index (Phi) is 4.81. The molecule has 8 rings (SSSR count). The van der Waals surface area contributed by atoms with Gasteiger partial charge < -0.3 is 49.2 Å². The number of aliphatic hydroxyl groups is 5. The molecule has 1 aromatic carbocycles. The molecule has 34 heavy (non-hydrogen) atoms. The van der Waals surface area contributed by atoms with E-state index in [9.17, 15) is 30.3 Å². The third-order valence-electron chi connectivity index (χ3n) is 8.57. The first kappa shape index (κ1) is 22.8. The van der Waals surface area contributed by atoms with Crippen LogP contribution in [0, 0.1) is 11.3 Å². The van der Waals surface area contributed by atoms with Gasteiger partial charge in [0.15, 0.2) is 18.4 Å². The maximum absolute atomic E-state index is 12.7. The summed E-state index contributed by atoms with van der Waals surface area (Å²) in [6.07, 6.45) is -7.87. The van der Waals surface area contributed by atoms with Gasteiger partial charge in [0, 0.05) is 12.3 Å². The van der Waals surface area contributed by atoms with Gasteiger partial charge in [0.2, 0.25) is 0 Å². The zero-order valence-electron chi connectivity index (χ0n) is 18.4. The van der Waals surface area contributed by atoms with Crippen molar-refractivity contribution in [1.82, 2.24) is 0 Å². The van der Waals surface area contributed by atoms with Crippen molar-refractivity contribution in [3.63, 3.8) is 0 Å². The van der Waals surface area contributed by atoms with E-state index in [1.807, 2.05) is 0 Å². The van der Waals surface area contributed by atoms with Crippen molar-refractivity contribution in [2.75, 3.05) is 13.2 Å². The maximum atomic E-state index is 12.7. The van der Waals surface area contributed by atoms with Crippen molar-refractivity contribution in [1.29, 1.82) is 0 Å². The molecule has 11 heteroatoms. The molecule has 3 aliphatic carbocycles. The van der Waals surface area contributed by atoms with Gasteiger partial charge >= 0.3 is 5.97 Å². The first-order valence-electron chi connectivity index (χ1n) is 11.4. The summed E-state index contributed by atoms with van der Waals surface area (Å²) >= 11 is 0. The van der Waals surface area contributed by atoms with Crippen LogP contribution in [0.5, 0.6) is 0 Å². The van der Waals surface area contributed by atoms with Crippen LogP contribution in [0.25, 0.3) is 0 Å². The zero-order chi connectivity index (χ0) is 24.1. The van der Waals surface area contributed by atoms with Crippen molar-refractivity contribution in [2.24, 2.45) is 11.3 Å². The summed E-state index contributed by atoms with van der Waals surface area (Å²) in [5.41, 5.74) is -2.99. The Morgan fingerprint density at radius 3 is 2.56 bits per heavy atom. The van der Waals surface area contributed by atoms with E-state index in [0.29, 0.717) is 5.56 Å². The minimum Gasteiger partial charge on any atom is -0.461 e. The molecule has 7 aliphatic rings. The highest BCUT2D eigenvalue weighted by Gasteiger charge is 2.94. The lowest BCUT2D eigenvalue weighted by atomic mass is 9.41. The van der Waals surface area contributed by atoms with Gasteiger partial charge in [0.1, 0.15) is 42.2 Å². The van der Waals surface area contributed by atoms with Crippen LogP contribution >= 0.6 is 0 Å². The molecule has 5 N–H and O–H groups in total. The number of hydrogen-bond donors (Lipinski definition) is 5. The molecule has 0 radical (unpaired) electrons. The number of aliphatic hydroxyl groups excluding tert-OH is 4. The predicted octanol–water partition coefficient (Wildman–Crippen LogP) is -1.36. The van der Waals surface area contributed by atoms with Crippen molar-refractivity contribution in [2.45, 2.75) is 73.8 Å². The Morgan fingerprint density at radius 2 is 1.85 bits per heavy atom. The number of benzene rings is 1. The van der Waals surface area contributed by atoms with Crippen LogP contribution < -0.4 is 0 Å². The SMILES string of the molecule is C[C@@]12C[C@@]3(O)OC(O1)C1(COC(=O)c4ccccc4)C3C[C@@]12OC1OC(CO)C(O)[C@H](O)C1O. The van der Waals surface area contributed by atoms with E-state index in [0.717, 1.165) is 0 Å². The Hall–Kier alpha value is -1.67. The van der Waals surface area contributed by atoms with Crippen LogP contribution in [-0.2, 0) is 23.7 Å². The van der Waals surface area contributed by atoms with E-state index in [1.54, 1.807) is 37.3 Å². The van der Waals surface area contributed by atoms with Crippen LogP contribution in [0.4, 0.5) is 0 Å². The molecule has 4 saturated heterocycles. The Bertz CT molecular complexity index is 988. The van der Waals surface area contributed by atoms with Crippen molar-refractivity contribution in [3.05, 3.63) is 35.9 Å². The molecule has 0 aromatic heterocycles. The van der Waals surface area contributed by atoms with E-state index in [-0.39, 0.29) is 19.4 Å². The number of ether oxygens (including phenoxy) is 5. The van der Waals surface area contributed by atoms with Gasteiger partial charge in [0.05, 0.1) is 17.6 Å². The van der Waals surface area contributed by atoms with E-state index >= 15 is 0 Å². The third-order valence-corrected chi connectivity index (χ3v) is 8.57. The number of rotatable bonds is 6. The lowest BCUT2D eigenvalue weighted by Gasteiger charge is -2.67. The second-order valence-corrected chi connectivity index (χ2v) is 10.2. The summed E-state index contributed by atoms with van der Waals surface area (Å²) in [7, 11) is 0. The van der Waals surface area contributed by atoms with Crippen molar-refractivity contribution < 1.29 is 54.0 Å². The van der Waals surface area contributed by atoms with Crippen LogP contribution in [0.1, 0.15) is 30.1 Å². The monoisotopic (exact) mass is 480 g/mol.